The van der Waals surface area contributed by atoms with E-state index in [0.717, 1.165) is 9.40 Å². The van der Waals surface area contributed by atoms with Gasteiger partial charge in [0.1, 0.15) is 4.88 Å². The first kappa shape index (κ1) is 8.99. The lowest BCUT2D eigenvalue weighted by atomic mass is 10.4. The molecule has 0 aliphatic rings. The molecule has 0 amide bonds. The first-order valence-electron chi connectivity index (χ1n) is 3.47. The zero-order valence-electron chi connectivity index (χ0n) is 6.67. The second-order valence-electron chi connectivity index (χ2n) is 2.38. The standard InChI is InChI=1S/C8H5ClO2S2/c1-11-8(10)6-2-5-7(13-6)4(9)3-12-5/h2-3H,1H3. The number of methoxy groups -OCH3 is 1. The Morgan fingerprint density at radius 3 is 3.00 bits per heavy atom. The lowest BCUT2D eigenvalue weighted by Crippen LogP contribution is -1.96. The number of fused-ring (bicyclic) bond motifs is 1. The van der Waals surface area contributed by atoms with E-state index in [0.29, 0.717) is 9.90 Å². The number of hydrogen-bond acceptors (Lipinski definition) is 4. The number of hydrogen-bond donors (Lipinski definition) is 0. The van der Waals surface area contributed by atoms with Crippen LogP contribution in [0.1, 0.15) is 9.67 Å². The first-order chi connectivity index (χ1) is 6.22. The number of rotatable bonds is 1. The Morgan fingerprint density at radius 2 is 2.38 bits per heavy atom. The van der Waals surface area contributed by atoms with Crippen LogP contribution in [0.5, 0.6) is 0 Å². The molecule has 0 aromatic carbocycles. The molecule has 0 unspecified atom stereocenters. The van der Waals surface area contributed by atoms with E-state index in [1.165, 1.54) is 29.8 Å². The van der Waals surface area contributed by atoms with E-state index >= 15 is 0 Å². The molecule has 0 atom stereocenters. The highest BCUT2D eigenvalue weighted by molar-refractivity contribution is 7.28. The van der Waals surface area contributed by atoms with E-state index < -0.39 is 0 Å². The Bertz CT molecular complexity index is 458. The van der Waals surface area contributed by atoms with Gasteiger partial charge >= 0.3 is 5.97 Å². The first-order valence-corrected chi connectivity index (χ1v) is 5.54. The number of halogens is 1. The van der Waals surface area contributed by atoms with Crippen molar-refractivity contribution in [3.8, 4) is 0 Å². The summed E-state index contributed by atoms with van der Waals surface area (Å²) in [5.41, 5.74) is 0. The number of esters is 1. The Labute approximate surface area is 87.7 Å². The third-order valence-electron chi connectivity index (χ3n) is 1.59. The van der Waals surface area contributed by atoms with Crippen LogP contribution >= 0.6 is 34.3 Å². The summed E-state index contributed by atoms with van der Waals surface area (Å²) in [7, 11) is 1.37. The molecule has 0 aliphatic heterocycles. The monoisotopic (exact) mass is 232 g/mol. The predicted molar refractivity (Wildman–Crippen MR) is 56.1 cm³/mol. The molecular formula is C8H5ClO2S2. The molecular weight excluding hydrogens is 228 g/mol. The van der Waals surface area contributed by atoms with Crippen LogP contribution in [0.15, 0.2) is 11.4 Å². The van der Waals surface area contributed by atoms with E-state index in [-0.39, 0.29) is 5.97 Å². The quantitative estimate of drug-likeness (QED) is 0.705. The third kappa shape index (κ3) is 1.45. The van der Waals surface area contributed by atoms with Crippen LogP contribution in [-0.2, 0) is 4.74 Å². The highest BCUT2D eigenvalue weighted by Crippen LogP contribution is 2.36. The van der Waals surface area contributed by atoms with E-state index in [4.69, 9.17) is 11.6 Å². The van der Waals surface area contributed by atoms with E-state index in [1.807, 2.05) is 11.4 Å². The molecule has 13 heavy (non-hydrogen) atoms. The van der Waals surface area contributed by atoms with Crippen molar-refractivity contribution in [1.29, 1.82) is 0 Å². The van der Waals surface area contributed by atoms with Crippen LogP contribution in [0.2, 0.25) is 5.02 Å². The third-order valence-corrected chi connectivity index (χ3v) is 4.34. The smallest absolute Gasteiger partial charge is 0.348 e. The Balaban J connectivity index is 2.56. The highest BCUT2D eigenvalue weighted by atomic mass is 35.5. The fourth-order valence-corrected chi connectivity index (χ4v) is 3.45. The fourth-order valence-electron chi connectivity index (χ4n) is 0.998. The molecule has 0 N–H and O–H groups in total. The molecule has 0 aliphatic carbocycles. The van der Waals surface area contributed by atoms with Crippen molar-refractivity contribution in [2.45, 2.75) is 0 Å². The summed E-state index contributed by atoms with van der Waals surface area (Å²) in [6.45, 7) is 0. The van der Waals surface area contributed by atoms with Gasteiger partial charge in [-0.3, -0.25) is 0 Å². The Kier molecular flexibility index (Phi) is 2.27. The summed E-state index contributed by atoms with van der Waals surface area (Å²) in [6.07, 6.45) is 0. The number of carbonyl (C=O) groups excluding carboxylic acids is 1. The molecule has 0 bridgehead atoms. The van der Waals surface area contributed by atoms with Gasteiger partial charge in [-0.15, -0.1) is 22.7 Å². The molecule has 0 radical (unpaired) electrons. The van der Waals surface area contributed by atoms with Gasteiger partial charge in [0, 0.05) is 10.1 Å². The fraction of sp³-hybridized carbons (Fsp3) is 0.125. The minimum Gasteiger partial charge on any atom is -0.465 e. The maximum atomic E-state index is 11.1. The molecule has 0 saturated heterocycles. The molecule has 2 heterocycles. The maximum absolute atomic E-state index is 11.1. The second kappa shape index (κ2) is 3.29. The lowest BCUT2D eigenvalue weighted by Gasteiger charge is -1.90. The summed E-state index contributed by atoms with van der Waals surface area (Å²) >= 11 is 8.80. The van der Waals surface area contributed by atoms with Crippen LogP contribution in [0.4, 0.5) is 0 Å². The van der Waals surface area contributed by atoms with Gasteiger partial charge in [-0.1, -0.05) is 11.6 Å². The molecule has 68 valence electrons. The van der Waals surface area contributed by atoms with Crippen molar-refractivity contribution in [1.82, 2.24) is 0 Å². The van der Waals surface area contributed by atoms with Crippen LogP contribution < -0.4 is 0 Å². The highest BCUT2D eigenvalue weighted by Gasteiger charge is 2.12. The van der Waals surface area contributed by atoms with Crippen molar-refractivity contribution < 1.29 is 9.53 Å². The van der Waals surface area contributed by atoms with Gasteiger partial charge in [-0.2, -0.15) is 0 Å². The summed E-state index contributed by atoms with van der Waals surface area (Å²) in [5, 5.41) is 2.57. The molecule has 2 rings (SSSR count). The van der Waals surface area contributed by atoms with Gasteiger partial charge in [-0.05, 0) is 6.07 Å². The minimum absolute atomic E-state index is 0.301. The van der Waals surface area contributed by atoms with E-state index in [1.54, 1.807) is 0 Å². The lowest BCUT2D eigenvalue weighted by molar-refractivity contribution is 0.0606. The van der Waals surface area contributed by atoms with Crippen molar-refractivity contribution in [2.24, 2.45) is 0 Å². The van der Waals surface area contributed by atoms with Gasteiger partial charge in [0.05, 0.1) is 16.8 Å². The van der Waals surface area contributed by atoms with Gasteiger partial charge in [-0.25, -0.2) is 4.79 Å². The van der Waals surface area contributed by atoms with Crippen LogP contribution in [0.25, 0.3) is 9.40 Å². The predicted octanol–water partition coefficient (Wildman–Crippen LogP) is 3.40. The zero-order chi connectivity index (χ0) is 9.42. The minimum atomic E-state index is -0.301. The molecule has 0 saturated carbocycles. The van der Waals surface area contributed by atoms with Gasteiger partial charge in [0.15, 0.2) is 0 Å². The number of ether oxygens (including phenoxy) is 1. The van der Waals surface area contributed by atoms with Gasteiger partial charge in [0.2, 0.25) is 0 Å². The van der Waals surface area contributed by atoms with Crippen molar-refractivity contribution >= 4 is 49.6 Å². The van der Waals surface area contributed by atoms with Crippen molar-refractivity contribution in [3.05, 3.63) is 21.3 Å². The topological polar surface area (TPSA) is 26.3 Å². The average molecular weight is 233 g/mol. The summed E-state index contributed by atoms with van der Waals surface area (Å²) in [4.78, 5) is 11.7. The Morgan fingerprint density at radius 1 is 1.62 bits per heavy atom. The molecule has 5 heteroatoms. The molecule has 2 aromatic rings. The van der Waals surface area contributed by atoms with Crippen LogP contribution in [-0.4, -0.2) is 13.1 Å². The number of carbonyl (C=O) groups is 1. The zero-order valence-corrected chi connectivity index (χ0v) is 9.05. The largest absolute Gasteiger partial charge is 0.465 e. The Hall–Kier alpha value is -0.580. The average Bonchev–Trinajstić information content (AvgIpc) is 2.67. The molecule has 2 aromatic heterocycles. The summed E-state index contributed by atoms with van der Waals surface area (Å²) in [6, 6.07) is 1.81. The maximum Gasteiger partial charge on any atom is 0.348 e. The van der Waals surface area contributed by atoms with Crippen LogP contribution in [0.3, 0.4) is 0 Å². The summed E-state index contributed by atoms with van der Waals surface area (Å²) in [5.74, 6) is -0.301. The van der Waals surface area contributed by atoms with Gasteiger partial charge < -0.3 is 4.74 Å². The normalized spacial score (nSPS) is 10.6. The SMILES string of the molecule is COC(=O)c1cc2scc(Cl)c2s1. The van der Waals surface area contributed by atoms with Crippen LogP contribution in [0, 0.1) is 0 Å². The molecule has 0 spiro atoms. The van der Waals surface area contributed by atoms with Crippen molar-refractivity contribution in [3.63, 3.8) is 0 Å². The molecule has 0 fully saturated rings. The van der Waals surface area contributed by atoms with E-state index in [9.17, 15) is 4.79 Å². The van der Waals surface area contributed by atoms with Gasteiger partial charge in [0.25, 0.3) is 0 Å². The van der Waals surface area contributed by atoms with Crippen molar-refractivity contribution in [2.75, 3.05) is 7.11 Å². The van der Waals surface area contributed by atoms with E-state index in [2.05, 4.69) is 4.74 Å². The summed E-state index contributed by atoms with van der Waals surface area (Å²) < 4.78 is 6.61. The second-order valence-corrected chi connectivity index (χ2v) is 4.75. The molecule has 2 nitrogen and oxygen atoms in total. The number of thiophene rings is 2.